The molecule has 5 nitrogen and oxygen atoms in total. The van der Waals surface area contributed by atoms with E-state index in [0.717, 1.165) is 0 Å². The second-order valence-corrected chi connectivity index (χ2v) is 2.91. The van der Waals surface area contributed by atoms with E-state index in [2.05, 4.69) is 4.74 Å². The van der Waals surface area contributed by atoms with Crippen molar-refractivity contribution in [2.45, 2.75) is 32.0 Å². The summed E-state index contributed by atoms with van der Waals surface area (Å²) in [5, 5.41) is 26.1. The predicted octanol–water partition coefficient (Wildman–Crippen LogP) is -0.956. The van der Waals surface area contributed by atoms with Crippen molar-refractivity contribution in [3.05, 3.63) is 0 Å². The van der Waals surface area contributed by atoms with Crippen LogP contribution in [0.25, 0.3) is 0 Å². The highest BCUT2D eigenvalue weighted by Gasteiger charge is 2.08. The number of rotatable bonds is 6. The van der Waals surface area contributed by atoms with Crippen molar-refractivity contribution in [3.8, 4) is 0 Å². The first-order valence-corrected chi connectivity index (χ1v) is 4.19. The van der Waals surface area contributed by atoms with Gasteiger partial charge in [-0.2, -0.15) is 0 Å². The Kier molecular flexibility index (Phi) is 6.48. The molecule has 0 saturated carbocycles. The molecule has 0 aromatic carbocycles. The third-order valence-electron chi connectivity index (χ3n) is 1.38. The van der Waals surface area contributed by atoms with E-state index < -0.39 is 18.2 Å². The van der Waals surface area contributed by atoms with Gasteiger partial charge in [-0.25, -0.2) is 0 Å². The average Bonchev–Trinajstić information content (AvgIpc) is 2.10. The molecule has 2 unspecified atom stereocenters. The number of carbonyl (C=O) groups is 1. The van der Waals surface area contributed by atoms with Crippen molar-refractivity contribution in [2.24, 2.45) is 0 Å². The highest BCUT2D eigenvalue weighted by atomic mass is 16.5. The number of hydrogen-bond acceptors (Lipinski definition) is 5. The van der Waals surface area contributed by atoms with Crippen LogP contribution in [-0.2, 0) is 9.53 Å². The average molecular weight is 192 g/mol. The van der Waals surface area contributed by atoms with E-state index >= 15 is 0 Å². The van der Waals surface area contributed by atoms with Crippen LogP contribution in [0.2, 0.25) is 0 Å². The SMILES string of the molecule is CC(O)COC(=O)CCC(O)CO. The van der Waals surface area contributed by atoms with E-state index in [1.165, 1.54) is 6.92 Å². The number of esters is 1. The van der Waals surface area contributed by atoms with Crippen LogP contribution >= 0.6 is 0 Å². The van der Waals surface area contributed by atoms with E-state index in [1.807, 2.05) is 0 Å². The normalized spacial score (nSPS) is 15.1. The maximum Gasteiger partial charge on any atom is 0.305 e. The molecule has 0 rings (SSSR count). The van der Waals surface area contributed by atoms with Crippen molar-refractivity contribution in [1.82, 2.24) is 0 Å². The van der Waals surface area contributed by atoms with Gasteiger partial charge in [0.1, 0.15) is 6.61 Å². The van der Waals surface area contributed by atoms with Crippen molar-refractivity contribution in [2.75, 3.05) is 13.2 Å². The maximum absolute atomic E-state index is 10.8. The van der Waals surface area contributed by atoms with E-state index in [1.54, 1.807) is 0 Å². The molecule has 0 amide bonds. The molecule has 0 aromatic rings. The van der Waals surface area contributed by atoms with E-state index in [9.17, 15) is 4.79 Å². The van der Waals surface area contributed by atoms with Crippen LogP contribution < -0.4 is 0 Å². The Morgan fingerprint density at radius 2 is 2.08 bits per heavy atom. The molecule has 2 atom stereocenters. The lowest BCUT2D eigenvalue weighted by atomic mass is 10.2. The van der Waals surface area contributed by atoms with Gasteiger partial charge in [0.15, 0.2) is 0 Å². The van der Waals surface area contributed by atoms with Gasteiger partial charge < -0.3 is 20.1 Å². The Balaban J connectivity index is 3.40. The molecule has 78 valence electrons. The van der Waals surface area contributed by atoms with Gasteiger partial charge in [-0.3, -0.25) is 4.79 Å². The summed E-state index contributed by atoms with van der Waals surface area (Å²) in [5.41, 5.74) is 0. The Bertz CT molecular complexity index is 145. The molecule has 5 heteroatoms. The predicted molar refractivity (Wildman–Crippen MR) is 45.0 cm³/mol. The minimum Gasteiger partial charge on any atom is -0.463 e. The number of aliphatic hydroxyl groups excluding tert-OH is 3. The van der Waals surface area contributed by atoms with Gasteiger partial charge in [0, 0.05) is 6.42 Å². The van der Waals surface area contributed by atoms with Crippen LogP contribution in [0.5, 0.6) is 0 Å². The lowest BCUT2D eigenvalue weighted by molar-refractivity contribution is -0.147. The van der Waals surface area contributed by atoms with Crippen LogP contribution in [0.1, 0.15) is 19.8 Å². The van der Waals surface area contributed by atoms with Gasteiger partial charge >= 0.3 is 5.97 Å². The fraction of sp³-hybridized carbons (Fsp3) is 0.875. The molecule has 0 spiro atoms. The number of hydrogen-bond donors (Lipinski definition) is 3. The van der Waals surface area contributed by atoms with Gasteiger partial charge in [-0.05, 0) is 13.3 Å². The first-order chi connectivity index (χ1) is 6.06. The molecule has 0 aliphatic rings. The van der Waals surface area contributed by atoms with E-state index in [-0.39, 0.29) is 26.1 Å². The first kappa shape index (κ1) is 12.3. The molecular formula is C8H16O5. The summed E-state index contributed by atoms with van der Waals surface area (Å²) in [6.45, 7) is 1.12. The third-order valence-corrected chi connectivity index (χ3v) is 1.38. The molecule has 0 fully saturated rings. The highest BCUT2D eigenvalue weighted by molar-refractivity contribution is 5.69. The molecule has 0 heterocycles. The van der Waals surface area contributed by atoms with Gasteiger partial charge in [0.05, 0.1) is 18.8 Å². The zero-order valence-electron chi connectivity index (χ0n) is 7.64. The number of carbonyl (C=O) groups excluding carboxylic acids is 1. The minimum atomic E-state index is -0.876. The lowest BCUT2D eigenvalue weighted by Crippen LogP contribution is -2.18. The molecular weight excluding hydrogens is 176 g/mol. The monoisotopic (exact) mass is 192 g/mol. The Morgan fingerprint density at radius 3 is 2.54 bits per heavy atom. The minimum absolute atomic E-state index is 0.0337. The molecule has 0 aromatic heterocycles. The van der Waals surface area contributed by atoms with Gasteiger partial charge in [-0.1, -0.05) is 0 Å². The number of ether oxygens (including phenoxy) is 1. The molecule has 0 aliphatic heterocycles. The summed E-state index contributed by atoms with van der Waals surface area (Å²) in [5.74, 6) is -0.478. The second-order valence-electron chi connectivity index (χ2n) is 2.91. The van der Waals surface area contributed by atoms with Crippen molar-refractivity contribution >= 4 is 5.97 Å². The summed E-state index contributed by atoms with van der Waals surface area (Å²) >= 11 is 0. The van der Waals surface area contributed by atoms with Crippen molar-refractivity contribution in [1.29, 1.82) is 0 Å². The van der Waals surface area contributed by atoms with Crippen LogP contribution in [0, 0.1) is 0 Å². The summed E-state index contributed by atoms with van der Waals surface area (Å²) in [7, 11) is 0. The van der Waals surface area contributed by atoms with Crippen molar-refractivity contribution in [3.63, 3.8) is 0 Å². The quantitative estimate of drug-likeness (QED) is 0.472. The van der Waals surface area contributed by atoms with Crippen LogP contribution in [0.4, 0.5) is 0 Å². The summed E-state index contributed by atoms with van der Waals surface area (Å²) in [6.07, 6.45) is -1.32. The third kappa shape index (κ3) is 7.70. The van der Waals surface area contributed by atoms with Crippen molar-refractivity contribution < 1.29 is 24.9 Å². The molecule has 0 saturated heterocycles. The standard InChI is InChI=1S/C8H16O5/c1-6(10)5-13-8(12)3-2-7(11)4-9/h6-7,9-11H,2-5H2,1H3. The zero-order chi connectivity index (χ0) is 10.3. The molecule has 0 aliphatic carbocycles. The highest BCUT2D eigenvalue weighted by Crippen LogP contribution is 1.98. The fourth-order valence-corrected chi connectivity index (χ4v) is 0.661. The summed E-state index contributed by atoms with van der Waals surface area (Å²) < 4.78 is 4.62. The Morgan fingerprint density at radius 1 is 1.46 bits per heavy atom. The lowest BCUT2D eigenvalue weighted by Gasteiger charge is -2.08. The smallest absolute Gasteiger partial charge is 0.305 e. The first-order valence-electron chi connectivity index (χ1n) is 4.19. The molecule has 13 heavy (non-hydrogen) atoms. The van der Waals surface area contributed by atoms with E-state index in [0.29, 0.717) is 0 Å². The fourth-order valence-electron chi connectivity index (χ4n) is 0.661. The second kappa shape index (κ2) is 6.82. The van der Waals surface area contributed by atoms with Gasteiger partial charge in [-0.15, -0.1) is 0 Å². The molecule has 0 radical (unpaired) electrons. The van der Waals surface area contributed by atoms with Gasteiger partial charge in [0.2, 0.25) is 0 Å². The summed E-state index contributed by atoms with van der Waals surface area (Å²) in [6, 6.07) is 0. The largest absolute Gasteiger partial charge is 0.463 e. The van der Waals surface area contributed by atoms with E-state index in [4.69, 9.17) is 15.3 Å². The van der Waals surface area contributed by atoms with Crippen LogP contribution in [-0.4, -0.2) is 46.7 Å². The zero-order valence-corrected chi connectivity index (χ0v) is 7.64. The summed E-state index contributed by atoms with van der Waals surface area (Å²) in [4.78, 5) is 10.8. The van der Waals surface area contributed by atoms with Gasteiger partial charge in [0.25, 0.3) is 0 Å². The van der Waals surface area contributed by atoms with Crippen LogP contribution in [0.3, 0.4) is 0 Å². The number of aliphatic hydroxyl groups is 3. The van der Waals surface area contributed by atoms with Crippen LogP contribution in [0.15, 0.2) is 0 Å². The molecule has 0 bridgehead atoms. The molecule has 3 N–H and O–H groups in total. The Hall–Kier alpha value is -0.650. The topological polar surface area (TPSA) is 87.0 Å². The Labute approximate surface area is 77.0 Å². The maximum atomic E-state index is 10.8.